The van der Waals surface area contributed by atoms with Crippen LogP contribution in [0, 0.1) is 10.1 Å². The van der Waals surface area contributed by atoms with Crippen molar-refractivity contribution in [3.63, 3.8) is 0 Å². The van der Waals surface area contributed by atoms with E-state index in [9.17, 15) is 10.1 Å². The van der Waals surface area contributed by atoms with Crippen LogP contribution in [0.15, 0.2) is 18.2 Å². The van der Waals surface area contributed by atoms with Crippen LogP contribution in [0.25, 0.3) is 5.69 Å². The number of hydrogen-bond donors (Lipinski definition) is 1. The summed E-state index contributed by atoms with van der Waals surface area (Å²) in [6.07, 6.45) is 0.476. The number of hydrogen-bond acceptors (Lipinski definition) is 6. The third kappa shape index (κ3) is 2.29. The van der Waals surface area contributed by atoms with Gasteiger partial charge in [0.05, 0.1) is 10.6 Å². The summed E-state index contributed by atoms with van der Waals surface area (Å²) in [6.45, 7) is 0.385. The molecule has 0 spiro atoms. The number of nitrogens with zero attached hydrogens (tertiary/aromatic N) is 5. The number of tetrazole rings is 1. The molecule has 0 atom stereocenters. The fourth-order valence-corrected chi connectivity index (χ4v) is 1.65. The summed E-state index contributed by atoms with van der Waals surface area (Å²) in [6, 6.07) is 4.35. The maximum Gasteiger partial charge on any atom is 0.290 e. The second kappa shape index (κ2) is 5.07. The highest BCUT2D eigenvalue weighted by molar-refractivity contribution is 6.32. The molecule has 2 N–H and O–H groups in total. The van der Waals surface area contributed by atoms with Crippen LogP contribution in [-0.2, 0) is 6.42 Å². The van der Waals surface area contributed by atoms with E-state index in [0.29, 0.717) is 24.5 Å². The Hall–Kier alpha value is -2.06. The lowest BCUT2D eigenvalue weighted by Crippen LogP contribution is -2.10. The van der Waals surface area contributed by atoms with E-state index < -0.39 is 4.92 Å². The van der Waals surface area contributed by atoms with Crippen LogP contribution in [0.1, 0.15) is 5.82 Å². The molecule has 94 valence electrons. The lowest BCUT2D eigenvalue weighted by molar-refractivity contribution is -0.384. The summed E-state index contributed by atoms with van der Waals surface area (Å²) in [5, 5.41) is 21.9. The van der Waals surface area contributed by atoms with Gasteiger partial charge in [0.25, 0.3) is 5.69 Å². The van der Waals surface area contributed by atoms with Gasteiger partial charge in [0, 0.05) is 12.5 Å². The molecule has 0 saturated heterocycles. The molecule has 0 bridgehead atoms. The molecule has 0 amide bonds. The molecular weight excluding hydrogens is 260 g/mol. The molecule has 0 saturated carbocycles. The first-order valence-electron chi connectivity index (χ1n) is 5.05. The van der Waals surface area contributed by atoms with Gasteiger partial charge in [-0.15, -0.1) is 5.10 Å². The standard InChI is InChI=1S/C9H9ClN6O2/c10-7-2-1-6(5-8(7)16(17)18)15-9(3-4-11)12-13-14-15/h1-2,5H,3-4,11H2. The van der Waals surface area contributed by atoms with Crippen molar-refractivity contribution >= 4 is 17.3 Å². The number of nitro benzene ring substituents is 1. The number of benzene rings is 1. The number of nitro groups is 1. The lowest BCUT2D eigenvalue weighted by Gasteiger charge is -2.04. The van der Waals surface area contributed by atoms with Gasteiger partial charge < -0.3 is 5.73 Å². The Bertz CT molecular complexity index is 584. The van der Waals surface area contributed by atoms with Gasteiger partial charge in [-0.2, -0.15) is 4.68 Å². The van der Waals surface area contributed by atoms with Crippen LogP contribution in [0.5, 0.6) is 0 Å². The Morgan fingerprint density at radius 3 is 2.94 bits per heavy atom. The molecule has 0 aliphatic rings. The Labute approximate surface area is 106 Å². The smallest absolute Gasteiger partial charge is 0.290 e. The number of aromatic nitrogens is 4. The molecule has 1 aromatic heterocycles. The molecule has 18 heavy (non-hydrogen) atoms. The van der Waals surface area contributed by atoms with Gasteiger partial charge in [0.2, 0.25) is 0 Å². The molecule has 1 heterocycles. The zero-order valence-electron chi connectivity index (χ0n) is 9.15. The van der Waals surface area contributed by atoms with Gasteiger partial charge in [0.1, 0.15) is 5.02 Å². The maximum atomic E-state index is 10.8. The van der Waals surface area contributed by atoms with Gasteiger partial charge >= 0.3 is 0 Å². The Balaban J connectivity index is 2.47. The molecule has 1 aromatic carbocycles. The topological polar surface area (TPSA) is 113 Å². The van der Waals surface area contributed by atoms with E-state index in [1.807, 2.05) is 0 Å². The molecule has 0 unspecified atom stereocenters. The Kier molecular flexibility index (Phi) is 3.49. The Morgan fingerprint density at radius 1 is 1.50 bits per heavy atom. The molecule has 2 aromatic rings. The zero-order chi connectivity index (χ0) is 13.1. The average molecular weight is 269 g/mol. The minimum Gasteiger partial charge on any atom is -0.330 e. The monoisotopic (exact) mass is 268 g/mol. The molecule has 2 rings (SSSR count). The summed E-state index contributed by atoms with van der Waals surface area (Å²) in [5.41, 5.74) is 5.71. The first kappa shape index (κ1) is 12.4. The summed E-state index contributed by atoms with van der Waals surface area (Å²) in [5.74, 6) is 0.536. The largest absolute Gasteiger partial charge is 0.330 e. The van der Waals surface area contributed by atoms with Crippen molar-refractivity contribution in [2.24, 2.45) is 5.73 Å². The predicted molar refractivity (Wildman–Crippen MR) is 63.6 cm³/mol. The predicted octanol–water partition coefficient (Wildman–Crippen LogP) is 0.725. The summed E-state index contributed by atoms with van der Waals surface area (Å²) in [4.78, 5) is 10.2. The highest BCUT2D eigenvalue weighted by Crippen LogP contribution is 2.26. The maximum absolute atomic E-state index is 10.8. The third-order valence-electron chi connectivity index (χ3n) is 2.27. The molecule has 8 nitrogen and oxygen atoms in total. The van der Waals surface area contributed by atoms with Crippen molar-refractivity contribution in [2.75, 3.05) is 6.54 Å². The van der Waals surface area contributed by atoms with Crippen molar-refractivity contribution in [3.05, 3.63) is 39.2 Å². The fraction of sp³-hybridized carbons (Fsp3) is 0.222. The first-order valence-corrected chi connectivity index (χ1v) is 5.43. The summed E-state index contributed by atoms with van der Waals surface area (Å²) in [7, 11) is 0. The molecule has 0 aliphatic carbocycles. The van der Waals surface area contributed by atoms with Crippen molar-refractivity contribution in [1.82, 2.24) is 20.2 Å². The fourth-order valence-electron chi connectivity index (χ4n) is 1.46. The van der Waals surface area contributed by atoms with Gasteiger partial charge in [-0.25, -0.2) is 0 Å². The zero-order valence-corrected chi connectivity index (χ0v) is 9.91. The van der Waals surface area contributed by atoms with Crippen molar-refractivity contribution < 1.29 is 4.92 Å². The van der Waals surface area contributed by atoms with E-state index in [1.54, 1.807) is 6.07 Å². The average Bonchev–Trinajstić information content (AvgIpc) is 2.78. The molecule has 9 heteroatoms. The Morgan fingerprint density at radius 2 is 2.28 bits per heavy atom. The normalized spacial score (nSPS) is 10.6. The van der Waals surface area contributed by atoms with Gasteiger partial charge in [-0.05, 0) is 29.1 Å². The lowest BCUT2D eigenvalue weighted by atomic mass is 10.2. The number of rotatable bonds is 4. The number of nitrogens with two attached hydrogens (primary N) is 1. The van der Waals surface area contributed by atoms with Gasteiger partial charge in [-0.1, -0.05) is 11.6 Å². The highest BCUT2D eigenvalue weighted by Gasteiger charge is 2.15. The van der Waals surface area contributed by atoms with Crippen molar-refractivity contribution in [3.8, 4) is 5.69 Å². The van der Waals surface area contributed by atoms with E-state index in [4.69, 9.17) is 17.3 Å². The van der Waals surface area contributed by atoms with Crippen LogP contribution in [0.2, 0.25) is 5.02 Å². The molecule has 0 fully saturated rings. The van der Waals surface area contributed by atoms with Crippen LogP contribution in [0.3, 0.4) is 0 Å². The highest BCUT2D eigenvalue weighted by atomic mass is 35.5. The summed E-state index contributed by atoms with van der Waals surface area (Å²) >= 11 is 5.73. The van der Waals surface area contributed by atoms with Gasteiger partial charge in [0.15, 0.2) is 5.82 Å². The van der Waals surface area contributed by atoms with Crippen LogP contribution < -0.4 is 5.73 Å². The molecule has 0 radical (unpaired) electrons. The van der Waals surface area contributed by atoms with E-state index in [2.05, 4.69) is 15.5 Å². The van der Waals surface area contributed by atoms with Gasteiger partial charge in [-0.3, -0.25) is 10.1 Å². The van der Waals surface area contributed by atoms with Crippen LogP contribution in [-0.4, -0.2) is 31.7 Å². The summed E-state index contributed by atoms with van der Waals surface area (Å²) < 4.78 is 1.40. The second-order valence-electron chi connectivity index (χ2n) is 3.44. The minimum absolute atomic E-state index is 0.0669. The van der Waals surface area contributed by atoms with E-state index in [1.165, 1.54) is 16.8 Å². The van der Waals surface area contributed by atoms with Crippen molar-refractivity contribution in [2.45, 2.75) is 6.42 Å². The SMILES string of the molecule is NCCc1nnnn1-c1ccc(Cl)c([N+](=O)[O-])c1. The number of halogens is 1. The van der Waals surface area contributed by atoms with E-state index in [0.717, 1.165) is 0 Å². The van der Waals surface area contributed by atoms with E-state index in [-0.39, 0.29) is 10.7 Å². The quantitative estimate of drug-likeness (QED) is 0.646. The molecule has 0 aliphatic heterocycles. The minimum atomic E-state index is -0.557. The molecular formula is C9H9ClN6O2. The second-order valence-corrected chi connectivity index (χ2v) is 3.85. The van der Waals surface area contributed by atoms with Crippen LogP contribution in [0.4, 0.5) is 5.69 Å². The van der Waals surface area contributed by atoms with E-state index >= 15 is 0 Å². The third-order valence-corrected chi connectivity index (χ3v) is 2.59. The van der Waals surface area contributed by atoms with Crippen LogP contribution >= 0.6 is 11.6 Å². The first-order chi connectivity index (χ1) is 8.63. The van der Waals surface area contributed by atoms with Crippen molar-refractivity contribution in [1.29, 1.82) is 0 Å².